The first kappa shape index (κ1) is 13.3. The molecule has 0 aliphatic rings. The molecule has 0 heterocycles. The first-order valence-corrected chi connectivity index (χ1v) is 5.30. The van der Waals surface area contributed by atoms with E-state index in [4.69, 9.17) is 16.7 Å². The average molecular weight is 254 g/mol. The van der Waals surface area contributed by atoms with E-state index in [1.807, 2.05) is 0 Å². The summed E-state index contributed by atoms with van der Waals surface area (Å²) in [6.45, 7) is 1.59. The van der Waals surface area contributed by atoms with Crippen molar-refractivity contribution in [2.75, 3.05) is 5.32 Å². The highest BCUT2D eigenvalue weighted by Crippen LogP contribution is 2.14. The molecule has 4 nitrogen and oxygen atoms in total. The maximum absolute atomic E-state index is 11.5. The Morgan fingerprint density at radius 3 is 2.47 bits per heavy atom. The van der Waals surface area contributed by atoms with Gasteiger partial charge in [-0.05, 0) is 31.2 Å². The van der Waals surface area contributed by atoms with Crippen LogP contribution in [0.4, 0.5) is 5.69 Å². The fourth-order valence-electron chi connectivity index (χ4n) is 1.25. The van der Waals surface area contributed by atoms with Gasteiger partial charge in [0.15, 0.2) is 0 Å². The van der Waals surface area contributed by atoms with E-state index in [2.05, 4.69) is 5.32 Å². The summed E-state index contributed by atoms with van der Waals surface area (Å²) in [5.74, 6) is -1.32. The maximum Gasteiger partial charge on any atom is 0.328 e. The van der Waals surface area contributed by atoms with Crippen LogP contribution in [0.25, 0.3) is 0 Å². The molecule has 0 fully saturated rings. The Kier molecular flexibility index (Phi) is 4.72. The fraction of sp³-hybridized carbons (Fsp3) is 0.167. The lowest BCUT2D eigenvalue weighted by Crippen LogP contribution is -2.11. The van der Waals surface area contributed by atoms with E-state index in [-0.39, 0.29) is 12.3 Å². The molecule has 1 aromatic rings. The minimum atomic E-state index is -1.05. The van der Waals surface area contributed by atoms with Crippen molar-refractivity contribution >= 4 is 29.2 Å². The summed E-state index contributed by atoms with van der Waals surface area (Å²) in [7, 11) is 0. The largest absolute Gasteiger partial charge is 0.478 e. The van der Waals surface area contributed by atoms with Crippen LogP contribution < -0.4 is 5.32 Å². The number of benzene rings is 1. The van der Waals surface area contributed by atoms with Gasteiger partial charge in [-0.25, -0.2) is 4.79 Å². The zero-order chi connectivity index (χ0) is 12.8. The predicted octanol–water partition coefficient (Wildman–Crippen LogP) is 2.70. The molecule has 0 aromatic heterocycles. The Morgan fingerprint density at radius 1 is 1.35 bits per heavy atom. The second kappa shape index (κ2) is 6.06. The highest BCUT2D eigenvalue weighted by molar-refractivity contribution is 6.30. The van der Waals surface area contributed by atoms with E-state index in [1.54, 1.807) is 31.2 Å². The van der Waals surface area contributed by atoms with Crippen molar-refractivity contribution < 1.29 is 14.7 Å². The zero-order valence-corrected chi connectivity index (χ0v) is 9.99. The van der Waals surface area contributed by atoms with Crippen molar-refractivity contribution in [2.24, 2.45) is 0 Å². The zero-order valence-electron chi connectivity index (χ0n) is 9.24. The second-order valence-electron chi connectivity index (χ2n) is 3.56. The van der Waals surface area contributed by atoms with Gasteiger partial charge in [0.1, 0.15) is 0 Å². The lowest BCUT2D eigenvalue weighted by molar-refractivity contribution is -0.131. The lowest BCUT2D eigenvalue weighted by Gasteiger charge is -2.05. The van der Waals surface area contributed by atoms with E-state index in [0.29, 0.717) is 16.3 Å². The van der Waals surface area contributed by atoms with Gasteiger partial charge in [-0.3, -0.25) is 4.79 Å². The van der Waals surface area contributed by atoms with Crippen LogP contribution in [0.2, 0.25) is 5.02 Å². The van der Waals surface area contributed by atoms with E-state index >= 15 is 0 Å². The third kappa shape index (κ3) is 5.17. The number of anilines is 1. The summed E-state index contributed by atoms with van der Waals surface area (Å²) in [6.07, 6.45) is 1.07. The molecule has 0 bridgehead atoms. The van der Waals surface area contributed by atoms with E-state index < -0.39 is 5.97 Å². The number of halogens is 1. The van der Waals surface area contributed by atoms with Crippen LogP contribution in [-0.2, 0) is 9.59 Å². The Morgan fingerprint density at radius 2 is 1.94 bits per heavy atom. The predicted molar refractivity (Wildman–Crippen MR) is 66.1 cm³/mol. The average Bonchev–Trinajstić information content (AvgIpc) is 2.19. The summed E-state index contributed by atoms with van der Waals surface area (Å²) >= 11 is 5.70. The highest BCUT2D eigenvalue weighted by atomic mass is 35.5. The molecular weight excluding hydrogens is 242 g/mol. The number of carbonyl (C=O) groups is 2. The molecule has 1 aromatic carbocycles. The molecule has 0 aliphatic carbocycles. The number of carbonyl (C=O) groups excluding carboxylic acids is 1. The summed E-state index contributed by atoms with van der Waals surface area (Å²) in [4.78, 5) is 21.9. The van der Waals surface area contributed by atoms with Crippen LogP contribution >= 0.6 is 11.6 Å². The van der Waals surface area contributed by atoms with Gasteiger partial charge < -0.3 is 10.4 Å². The molecule has 1 rings (SSSR count). The summed E-state index contributed by atoms with van der Waals surface area (Å²) in [6, 6.07) is 6.68. The van der Waals surface area contributed by atoms with Gasteiger partial charge >= 0.3 is 5.97 Å². The monoisotopic (exact) mass is 253 g/mol. The number of hydrogen-bond acceptors (Lipinski definition) is 2. The molecular formula is C12H12ClNO3. The third-order valence-corrected chi connectivity index (χ3v) is 2.19. The Hall–Kier alpha value is -1.81. The normalized spacial score (nSPS) is 11.1. The highest BCUT2D eigenvalue weighted by Gasteiger charge is 2.04. The Balaban J connectivity index is 2.55. The molecule has 0 unspecified atom stereocenters. The number of hydrogen-bond donors (Lipinski definition) is 2. The number of rotatable bonds is 4. The summed E-state index contributed by atoms with van der Waals surface area (Å²) in [5, 5.41) is 11.7. The minimum absolute atomic E-state index is 0.0505. The van der Waals surface area contributed by atoms with Crippen molar-refractivity contribution in [3.05, 3.63) is 40.9 Å². The van der Waals surface area contributed by atoms with Crippen LogP contribution in [0.5, 0.6) is 0 Å². The van der Waals surface area contributed by atoms with E-state index in [0.717, 1.165) is 6.08 Å². The van der Waals surface area contributed by atoms with Crippen LogP contribution in [0.15, 0.2) is 35.9 Å². The van der Waals surface area contributed by atoms with E-state index in [9.17, 15) is 9.59 Å². The molecule has 2 N–H and O–H groups in total. The first-order chi connectivity index (χ1) is 7.97. The van der Waals surface area contributed by atoms with Crippen molar-refractivity contribution in [2.45, 2.75) is 13.3 Å². The molecule has 0 atom stereocenters. The smallest absolute Gasteiger partial charge is 0.328 e. The van der Waals surface area contributed by atoms with Gasteiger partial charge in [-0.15, -0.1) is 0 Å². The molecule has 0 radical (unpaired) electrons. The Bertz CT molecular complexity index is 451. The molecule has 1 amide bonds. The van der Waals surface area contributed by atoms with Crippen LogP contribution in [0.3, 0.4) is 0 Å². The summed E-state index contributed by atoms with van der Waals surface area (Å²) in [5.41, 5.74) is 1.12. The molecule has 0 aliphatic heterocycles. The maximum atomic E-state index is 11.5. The van der Waals surface area contributed by atoms with Crippen LogP contribution in [0.1, 0.15) is 13.3 Å². The van der Waals surface area contributed by atoms with Crippen molar-refractivity contribution in [1.29, 1.82) is 0 Å². The summed E-state index contributed by atoms with van der Waals surface area (Å²) < 4.78 is 0. The first-order valence-electron chi connectivity index (χ1n) is 4.93. The number of nitrogens with one attached hydrogen (secondary N) is 1. The molecule has 17 heavy (non-hydrogen) atoms. The number of carboxylic acids is 1. The lowest BCUT2D eigenvalue weighted by atomic mass is 10.2. The number of amides is 1. The molecule has 5 heteroatoms. The van der Waals surface area contributed by atoms with Gasteiger partial charge in [0.25, 0.3) is 0 Å². The quantitative estimate of drug-likeness (QED) is 0.811. The van der Waals surface area contributed by atoms with Crippen molar-refractivity contribution in [1.82, 2.24) is 0 Å². The van der Waals surface area contributed by atoms with Gasteiger partial charge in [0.05, 0.1) is 0 Å². The number of aliphatic carboxylic acids is 1. The number of carboxylic acid groups (broad SMARTS) is 1. The van der Waals surface area contributed by atoms with Crippen molar-refractivity contribution in [3.8, 4) is 0 Å². The van der Waals surface area contributed by atoms with Gasteiger partial charge in [0.2, 0.25) is 5.91 Å². The third-order valence-electron chi connectivity index (χ3n) is 1.94. The van der Waals surface area contributed by atoms with E-state index in [1.165, 1.54) is 0 Å². The fourth-order valence-corrected chi connectivity index (χ4v) is 1.38. The van der Waals surface area contributed by atoms with Crippen LogP contribution in [0, 0.1) is 0 Å². The van der Waals surface area contributed by atoms with Gasteiger partial charge in [-0.1, -0.05) is 17.2 Å². The molecule has 0 spiro atoms. The minimum Gasteiger partial charge on any atom is -0.478 e. The van der Waals surface area contributed by atoms with Gasteiger partial charge in [-0.2, -0.15) is 0 Å². The van der Waals surface area contributed by atoms with Crippen molar-refractivity contribution in [3.63, 3.8) is 0 Å². The van der Waals surface area contributed by atoms with Gasteiger partial charge in [0, 0.05) is 23.2 Å². The SMILES string of the molecule is C/C(=C/C(=O)O)CC(=O)Nc1ccc(Cl)cc1. The molecule has 0 saturated heterocycles. The molecule has 90 valence electrons. The van der Waals surface area contributed by atoms with Crippen LogP contribution in [-0.4, -0.2) is 17.0 Å². The molecule has 0 saturated carbocycles. The second-order valence-corrected chi connectivity index (χ2v) is 4.00. The standard InChI is InChI=1S/C12H12ClNO3/c1-8(7-12(16)17)6-11(15)14-10-4-2-9(13)3-5-10/h2-5,7H,6H2,1H3,(H,14,15)(H,16,17)/b8-7-. The topological polar surface area (TPSA) is 66.4 Å². The Labute approximate surface area is 104 Å².